The van der Waals surface area contributed by atoms with Gasteiger partial charge in [-0.25, -0.2) is 0 Å². The first-order chi connectivity index (χ1) is 13.4. The van der Waals surface area contributed by atoms with Crippen molar-refractivity contribution in [3.05, 3.63) is 23.8 Å². The molecule has 6 nitrogen and oxygen atoms in total. The Morgan fingerprint density at radius 1 is 1.25 bits per heavy atom. The van der Waals surface area contributed by atoms with E-state index >= 15 is 0 Å². The fraction of sp³-hybridized carbons (Fsp3) is 0.682. The maximum Gasteiger partial charge on any atom is 0.317 e. The summed E-state index contributed by atoms with van der Waals surface area (Å²) in [5.41, 5.74) is 1.22. The molecule has 1 aromatic rings. The first kappa shape index (κ1) is 22.5. The highest BCUT2D eigenvalue weighted by molar-refractivity contribution is 5.69. The molecule has 0 radical (unpaired) electrons. The number of likely N-dealkylation sites (N-methyl/N-ethyl adjacent to an activating group) is 1. The molecule has 0 aliphatic carbocycles. The molecule has 1 aliphatic heterocycles. The molecule has 0 amide bonds. The van der Waals surface area contributed by atoms with Crippen molar-refractivity contribution in [2.75, 3.05) is 39.9 Å². The highest BCUT2D eigenvalue weighted by atomic mass is 16.5. The van der Waals surface area contributed by atoms with Crippen molar-refractivity contribution in [2.24, 2.45) is 5.92 Å². The van der Waals surface area contributed by atoms with Crippen molar-refractivity contribution in [1.82, 2.24) is 9.80 Å². The second-order valence-electron chi connectivity index (χ2n) is 8.09. The minimum absolute atomic E-state index is 0.111. The lowest BCUT2D eigenvalue weighted by Gasteiger charge is -2.25. The summed E-state index contributed by atoms with van der Waals surface area (Å²) in [7, 11) is 1.92. The Kier molecular flexibility index (Phi) is 9.06. The molecule has 1 heterocycles. The maximum atomic E-state index is 11.0. The van der Waals surface area contributed by atoms with E-state index < -0.39 is 5.97 Å². The van der Waals surface area contributed by atoms with Crippen molar-refractivity contribution < 1.29 is 19.4 Å². The summed E-state index contributed by atoms with van der Waals surface area (Å²) in [5, 5.41) is 9.02. The first-order valence-electron chi connectivity index (χ1n) is 10.4. The number of likely N-dealkylation sites (tertiary alicyclic amines) is 1. The topological polar surface area (TPSA) is 62.2 Å². The zero-order chi connectivity index (χ0) is 20.5. The molecule has 2 rings (SSSR count). The van der Waals surface area contributed by atoms with Crippen molar-refractivity contribution in [2.45, 2.75) is 52.6 Å². The predicted molar refractivity (Wildman–Crippen MR) is 111 cm³/mol. The molecule has 1 aliphatic rings. The van der Waals surface area contributed by atoms with E-state index in [-0.39, 0.29) is 6.54 Å². The number of rotatable bonds is 10. The van der Waals surface area contributed by atoms with Gasteiger partial charge in [0.15, 0.2) is 11.5 Å². The molecule has 0 aromatic heterocycles. The molecular weight excluding hydrogens is 356 g/mol. The van der Waals surface area contributed by atoms with Gasteiger partial charge in [-0.3, -0.25) is 14.6 Å². The number of carbonyl (C=O) groups is 1. The fourth-order valence-electron chi connectivity index (χ4n) is 3.63. The number of aliphatic carboxylic acids is 1. The van der Waals surface area contributed by atoms with Crippen LogP contribution in [0.15, 0.2) is 18.2 Å². The summed E-state index contributed by atoms with van der Waals surface area (Å²) in [5.74, 6) is 1.34. The minimum Gasteiger partial charge on any atom is -0.490 e. The van der Waals surface area contributed by atoms with Crippen LogP contribution in [0.2, 0.25) is 0 Å². The van der Waals surface area contributed by atoms with Gasteiger partial charge in [0.1, 0.15) is 0 Å². The Labute approximate surface area is 169 Å². The van der Waals surface area contributed by atoms with Crippen LogP contribution in [0.4, 0.5) is 0 Å². The fourth-order valence-corrected chi connectivity index (χ4v) is 3.63. The van der Waals surface area contributed by atoms with Crippen LogP contribution < -0.4 is 9.47 Å². The lowest BCUT2D eigenvalue weighted by Crippen LogP contribution is -2.36. The summed E-state index contributed by atoms with van der Waals surface area (Å²) in [4.78, 5) is 15.4. The van der Waals surface area contributed by atoms with E-state index in [1.54, 1.807) is 0 Å². The van der Waals surface area contributed by atoms with Crippen LogP contribution in [-0.4, -0.2) is 66.8 Å². The van der Waals surface area contributed by atoms with Crippen molar-refractivity contribution in [1.29, 1.82) is 0 Å². The second-order valence-corrected chi connectivity index (χ2v) is 8.09. The number of hydrogen-bond donors (Lipinski definition) is 1. The SMILES string of the molecule is CCOc1cc(CN2CCCC(N(C)CC(=O)O)CC2)ccc1OCC(C)C. The zero-order valence-electron chi connectivity index (χ0n) is 17.8. The van der Waals surface area contributed by atoms with Crippen molar-refractivity contribution in [3.63, 3.8) is 0 Å². The Balaban J connectivity index is 1.96. The van der Waals surface area contributed by atoms with Crippen LogP contribution in [0, 0.1) is 5.92 Å². The average Bonchev–Trinajstić information content (AvgIpc) is 2.86. The van der Waals surface area contributed by atoms with Gasteiger partial charge >= 0.3 is 5.97 Å². The quantitative estimate of drug-likeness (QED) is 0.658. The van der Waals surface area contributed by atoms with E-state index in [9.17, 15) is 4.79 Å². The Bertz CT molecular complexity index is 621. The van der Waals surface area contributed by atoms with Gasteiger partial charge in [0.25, 0.3) is 0 Å². The summed E-state index contributed by atoms with van der Waals surface area (Å²) in [6.07, 6.45) is 3.13. The summed E-state index contributed by atoms with van der Waals surface area (Å²) in [6.45, 7) is 10.5. The molecule has 1 N–H and O–H groups in total. The first-order valence-corrected chi connectivity index (χ1v) is 10.4. The number of ether oxygens (including phenoxy) is 2. The third-order valence-electron chi connectivity index (χ3n) is 5.08. The van der Waals surface area contributed by atoms with Crippen LogP contribution in [-0.2, 0) is 11.3 Å². The summed E-state index contributed by atoms with van der Waals surface area (Å²) in [6, 6.07) is 6.57. The number of nitrogens with zero attached hydrogens (tertiary/aromatic N) is 2. The van der Waals surface area contributed by atoms with Gasteiger partial charge in [-0.1, -0.05) is 19.9 Å². The van der Waals surface area contributed by atoms with Crippen molar-refractivity contribution >= 4 is 5.97 Å². The third-order valence-corrected chi connectivity index (χ3v) is 5.08. The third kappa shape index (κ3) is 7.32. The van der Waals surface area contributed by atoms with Gasteiger partial charge in [0, 0.05) is 12.6 Å². The molecular formula is C22H36N2O4. The lowest BCUT2D eigenvalue weighted by molar-refractivity contribution is -0.138. The van der Waals surface area contributed by atoms with E-state index in [1.807, 2.05) is 24.9 Å². The van der Waals surface area contributed by atoms with Gasteiger partial charge in [0.05, 0.1) is 19.8 Å². The van der Waals surface area contributed by atoms with E-state index in [4.69, 9.17) is 14.6 Å². The Morgan fingerprint density at radius 2 is 2.04 bits per heavy atom. The number of benzene rings is 1. The van der Waals surface area contributed by atoms with Crippen LogP contribution in [0.5, 0.6) is 11.5 Å². The Hall–Kier alpha value is -1.79. The smallest absolute Gasteiger partial charge is 0.317 e. The van der Waals surface area contributed by atoms with Crippen LogP contribution in [0.1, 0.15) is 45.6 Å². The highest BCUT2D eigenvalue weighted by Crippen LogP contribution is 2.30. The predicted octanol–water partition coefficient (Wildman–Crippen LogP) is 3.49. The molecule has 6 heteroatoms. The largest absolute Gasteiger partial charge is 0.490 e. The molecule has 1 aromatic carbocycles. The lowest BCUT2D eigenvalue weighted by atomic mass is 10.1. The molecule has 1 fully saturated rings. The molecule has 28 heavy (non-hydrogen) atoms. The maximum absolute atomic E-state index is 11.0. The minimum atomic E-state index is -0.758. The highest BCUT2D eigenvalue weighted by Gasteiger charge is 2.22. The summed E-state index contributed by atoms with van der Waals surface area (Å²) >= 11 is 0. The van der Waals surface area contributed by atoms with Crippen LogP contribution in [0.3, 0.4) is 0 Å². The van der Waals surface area contributed by atoms with E-state index in [1.165, 1.54) is 5.56 Å². The van der Waals surface area contributed by atoms with Gasteiger partial charge in [-0.05, 0) is 69.9 Å². The zero-order valence-corrected chi connectivity index (χ0v) is 17.8. The second kappa shape index (κ2) is 11.3. The van der Waals surface area contributed by atoms with E-state index in [2.05, 4.69) is 30.9 Å². The summed E-state index contributed by atoms with van der Waals surface area (Å²) < 4.78 is 11.7. The van der Waals surface area contributed by atoms with Crippen molar-refractivity contribution in [3.8, 4) is 11.5 Å². The number of hydrogen-bond acceptors (Lipinski definition) is 5. The molecule has 0 saturated carbocycles. The molecule has 1 atom stereocenters. The molecule has 1 unspecified atom stereocenters. The Morgan fingerprint density at radius 3 is 2.71 bits per heavy atom. The van der Waals surface area contributed by atoms with Gasteiger partial charge in [-0.2, -0.15) is 0 Å². The van der Waals surface area contributed by atoms with Gasteiger partial charge in [-0.15, -0.1) is 0 Å². The average molecular weight is 393 g/mol. The molecule has 1 saturated heterocycles. The van der Waals surface area contributed by atoms with Gasteiger partial charge < -0.3 is 14.6 Å². The molecule has 158 valence electrons. The monoisotopic (exact) mass is 392 g/mol. The molecule has 0 bridgehead atoms. The van der Waals surface area contributed by atoms with E-state index in [0.29, 0.717) is 25.2 Å². The van der Waals surface area contributed by atoms with Crippen LogP contribution in [0.25, 0.3) is 0 Å². The van der Waals surface area contributed by atoms with E-state index in [0.717, 1.165) is 50.4 Å². The number of carboxylic acids is 1. The van der Waals surface area contributed by atoms with Gasteiger partial charge in [0.2, 0.25) is 0 Å². The number of carboxylic acid groups (broad SMARTS) is 1. The standard InChI is InChI=1S/C22H36N2O4/c1-5-27-21-13-18(8-9-20(21)28-16-17(2)3)14-24-11-6-7-19(10-12-24)23(4)15-22(25)26/h8-9,13,17,19H,5-7,10-12,14-16H2,1-4H3,(H,25,26). The molecule has 0 spiro atoms. The van der Waals surface area contributed by atoms with Crippen LogP contribution >= 0.6 is 0 Å². The normalized spacial score (nSPS) is 18.3.